The van der Waals surface area contributed by atoms with Crippen LogP contribution in [0.15, 0.2) is 77.6 Å². The molecule has 2 aromatic carbocycles. The van der Waals surface area contributed by atoms with E-state index in [2.05, 4.69) is 15.1 Å². The second kappa shape index (κ2) is 7.69. The Morgan fingerprint density at radius 2 is 1.75 bits per heavy atom. The molecule has 0 spiro atoms. The topological polar surface area (TPSA) is 77.0 Å². The Labute approximate surface area is 184 Å². The smallest absolute Gasteiger partial charge is 0.230 e. The Hall–Kier alpha value is -3.84. The number of furan rings is 1. The second-order valence-corrected chi connectivity index (χ2v) is 8.33. The van der Waals surface area contributed by atoms with Crippen LogP contribution in [0.25, 0.3) is 44.9 Å². The van der Waals surface area contributed by atoms with Gasteiger partial charge in [0.25, 0.3) is 0 Å². The fourth-order valence-electron chi connectivity index (χ4n) is 3.74. The summed E-state index contributed by atoms with van der Waals surface area (Å²) in [4.78, 5) is 8.81. The third kappa shape index (κ3) is 3.90. The SMILES string of the molecule is CC(C)(O)Cn1cc(-c2ncnc3oc(-c4ccccc4)cc23)c(-c2cccc(F)c2)n1. The van der Waals surface area contributed by atoms with E-state index in [1.54, 1.807) is 30.7 Å². The third-order valence-corrected chi connectivity index (χ3v) is 5.05. The summed E-state index contributed by atoms with van der Waals surface area (Å²) in [5, 5.41) is 15.7. The summed E-state index contributed by atoms with van der Waals surface area (Å²) < 4.78 is 21.6. The zero-order valence-electron chi connectivity index (χ0n) is 17.7. The van der Waals surface area contributed by atoms with E-state index in [0.29, 0.717) is 34.0 Å². The number of hydrogen-bond donors (Lipinski definition) is 1. The van der Waals surface area contributed by atoms with Crippen molar-refractivity contribution in [3.63, 3.8) is 0 Å². The first-order valence-electron chi connectivity index (χ1n) is 10.2. The van der Waals surface area contributed by atoms with Crippen molar-refractivity contribution in [1.29, 1.82) is 0 Å². The van der Waals surface area contributed by atoms with Crippen LogP contribution < -0.4 is 0 Å². The fourth-order valence-corrected chi connectivity index (χ4v) is 3.74. The molecule has 6 nitrogen and oxygen atoms in total. The summed E-state index contributed by atoms with van der Waals surface area (Å²) in [6, 6.07) is 17.9. The molecule has 0 atom stereocenters. The molecule has 0 bridgehead atoms. The molecule has 0 aliphatic carbocycles. The first-order valence-corrected chi connectivity index (χ1v) is 10.2. The molecule has 0 radical (unpaired) electrons. The van der Waals surface area contributed by atoms with Gasteiger partial charge in [-0.1, -0.05) is 42.5 Å². The maximum atomic E-state index is 14.0. The highest BCUT2D eigenvalue weighted by atomic mass is 19.1. The van der Waals surface area contributed by atoms with Gasteiger partial charge in [0, 0.05) is 22.9 Å². The second-order valence-electron chi connectivity index (χ2n) is 8.33. The first kappa shape index (κ1) is 20.1. The number of rotatable bonds is 5. The molecule has 1 N–H and O–H groups in total. The third-order valence-electron chi connectivity index (χ3n) is 5.05. The molecule has 3 aromatic heterocycles. The van der Waals surface area contributed by atoms with Gasteiger partial charge in [-0.3, -0.25) is 4.68 Å². The Morgan fingerprint density at radius 1 is 0.969 bits per heavy atom. The molecular weight excluding hydrogens is 407 g/mol. The van der Waals surface area contributed by atoms with Crippen LogP contribution in [0.3, 0.4) is 0 Å². The highest BCUT2D eigenvalue weighted by Crippen LogP contribution is 2.36. The zero-order valence-corrected chi connectivity index (χ0v) is 17.7. The van der Waals surface area contributed by atoms with Crippen molar-refractivity contribution in [3.8, 4) is 33.8 Å². The van der Waals surface area contributed by atoms with Crippen LogP contribution in [-0.4, -0.2) is 30.5 Å². The van der Waals surface area contributed by atoms with Crippen molar-refractivity contribution in [2.24, 2.45) is 0 Å². The highest BCUT2D eigenvalue weighted by Gasteiger charge is 2.22. The quantitative estimate of drug-likeness (QED) is 0.409. The van der Waals surface area contributed by atoms with E-state index < -0.39 is 5.60 Å². The van der Waals surface area contributed by atoms with Gasteiger partial charge in [0.05, 0.1) is 23.2 Å². The van der Waals surface area contributed by atoms with E-state index in [1.165, 1.54) is 18.5 Å². The number of fused-ring (bicyclic) bond motifs is 1. The minimum absolute atomic E-state index is 0.268. The van der Waals surface area contributed by atoms with Crippen molar-refractivity contribution in [2.75, 3.05) is 0 Å². The fraction of sp³-hybridized carbons (Fsp3) is 0.160. The predicted molar refractivity (Wildman–Crippen MR) is 120 cm³/mol. The largest absolute Gasteiger partial charge is 0.438 e. The Bertz CT molecular complexity index is 1400. The average molecular weight is 428 g/mol. The van der Waals surface area contributed by atoms with Crippen molar-refractivity contribution < 1.29 is 13.9 Å². The maximum absolute atomic E-state index is 14.0. The number of nitrogens with zero attached hydrogens (tertiary/aromatic N) is 4. The van der Waals surface area contributed by atoms with Crippen LogP contribution >= 0.6 is 0 Å². The molecule has 0 saturated heterocycles. The molecule has 3 heterocycles. The molecule has 5 rings (SSSR count). The predicted octanol–water partition coefficient (Wildman–Crippen LogP) is 5.33. The molecule has 0 saturated carbocycles. The van der Waals surface area contributed by atoms with Gasteiger partial charge in [-0.05, 0) is 32.0 Å². The summed E-state index contributed by atoms with van der Waals surface area (Å²) in [5.41, 5.74) is 2.92. The van der Waals surface area contributed by atoms with Crippen LogP contribution in [0, 0.1) is 5.82 Å². The highest BCUT2D eigenvalue weighted by molar-refractivity contribution is 5.95. The molecular formula is C25H21FN4O2. The number of aromatic nitrogens is 4. The van der Waals surface area contributed by atoms with Crippen LogP contribution in [0.5, 0.6) is 0 Å². The molecule has 0 fully saturated rings. The lowest BCUT2D eigenvalue weighted by atomic mass is 10.0. The van der Waals surface area contributed by atoms with Crippen LogP contribution in [0.1, 0.15) is 13.8 Å². The Morgan fingerprint density at radius 3 is 2.50 bits per heavy atom. The van der Waals surface area contributed by atoms with E-state index in [9.17, 15) is 9.50 Å². The zero-order chi connectivity index (χ0) is 22.3. The van der Waals surface area contributed by atoms with Gasteiger partial charge in [0.1, 0.15) is 23.6 Å². The minimum atomic E-state index is -0.973. The summed E-state index contributed by atoms with van der Waals surface area (Å²) in [6.45, 7) is 3.69. The van der Waals surface area contributed by atoms with Gasteiger partial charge < -0.3 is 9.52 Å². The van der Waals surface area contributed by atoms with Gasteiger partial charge in [-0.15, -0.1) is 0 Å². The lowest BCUT2D eigenvalue weighted by molar-refractivity contribution is 0.0578. The van der Waals surface area contributed by atoms with Crippen LogP contribution in [-0.2, 0) is 6.54 Å². The summed E-state index contributed by atoms with van der Waals surface area (Å²) in [6.07, 6.45) is 3.26. The van der Waals surface area contributed by atoms with Gasteiger partial charge in [0.15, 0.2) is 0 Å². The van der Waals surface area contributed by atoms with Gasteiger partial charge in [-0.2, -0.15) is 5.10 Å². The number of halogens is 1. The first-order chi connectivity index (χ1) is 15.4. The number of aliphatic hydroxyl groups is 1. The molecule has 0 aliphatic rings. The Kier molecular flexibility index (Phi) is 4.83. The van der Waals surface area contributed by atoms with E-state index >= 15 is 0 Å². The summed E-state index contributed by atoms with van der Waals surface area (Å²) >= 11 is 0. The van der Waals surface area contributed by atoms with E-state index in [-0.39, 0.29) is 12.4 Å². The monoisotopic (exact) mass is 428 g/mol. The summed E-state index contributed by atoms with van der Waals surface area (Å²) in [5.74, 6) is 0.325. The maximum Gasteiger partial charge on any atom is 0.230 e. The number of benzene rings is 2. The lowest BCUT2D eigenvalue weighted by Crippen LogP contribution is -2.26. The standard InChI is InChI=1S/C25H21FN4O2/c1-25(2,31)14-30-13-20(22(29-30)17-9-6-10-18(26)11-17)23-19-12-21(16-7-4-3-5-8-16)32-24(19)28-15-27-23/h3-13,15,31H,14H2,1-2H3. The van der Waals surface area contributed by atoms with Gasteiger partial charge >= 0.3 is 0 Å². The molecule has 0 aliphatic heterocycles. The molecule has 5 aromatic rings. The van der Waals surface area contributed by atoms with Crippen LogP contribution in [0.4, 0.5) is 4.39 Å². The van der Waals surface area contributed by atoms with Crippen molar-refractivity contribution in [1.82, 2.24) is 19.7 Å². The van der Waals surface area contributed by atoms with Crippen LogP contribution in [0.2, 0.25) is 0 Å². The van der Waals surface area contributed by atoms with E-state index in [1.807, 2.05) is 42.6 Å². The van der Waals surface area contributed by atoms with E-state index in [4.69, 9.17) is 4.42 Å². The minimum Gasteiger partial charge on any atom is -0.438 e. The Balaban J connectivity index is 1.70. The average Bonchev–Trinajstić information content (AvgIpc) is 3.37. The van der Waals surface area contributed by atoms with Gasteiger partial charge in [-0.25, -0.2) is 14.4 Å². The van der Waals surface area contributed by atoms with Crippen molar-refractivity contribution in [3.05, 3.63) is 79.0 Å². The van der Waals surface area contributed by atoms with Gasteiger partial charge in [0.2, 0.25) is 5.71 Å². The molecule has 7 heteroatoms. The number of hydrogen-bond acceptors (Lipinski definition) is 5. The lowest BCUT2D eigenvalue weighted by Gasteiger charge is -2.16. The molecule has 160 valence electrons. The van der Waals surface area contributed by atoms with E-state index in [0.717, 1.165) is 10.9 Å². The van der Waals surface area contributed by atoms with Crippen molar-refractivity contribution >= 4 is 11.1 Å². The molecule has 32 heavy (non-hydrogen) atoms. The normalized spacial score (nSPS) is 11.9. The summed E-state index contributed by atoms with van der Waals surface area (Å²) in [7, 11) is 0. The van der Waals surface area contributed by atoms with Crippen molar-refractivity contribution in [2.45, 2.75) is 26.0 Å². The molecule has 0 amide bonds. The molecule has 0 unspecified atom stereocenters.